The third-order valence-corrected chi connectivity index (χ3v) is 4.41. The number of anilines is 1. The van der Waals surface area contributed by atoms with Gasteiger partial charge in [0.15, 0.2) is 0 Å². The predicted molar refractivity (Wildman–Crippen MR) is 73.9 cm³/mol. The summed E-state index contributed by atoms with van der Waals surface area (Å²) in [5, 5.41) is 0. The van der Waals surface area contributed by atoms with Crippen molar-refractivity contribution in [1.29, 1.82) is 0 Å². The lowest BCUT2D eigenvalue weighted by atomic mass is 10.2. The molecule has 0 unspecified atom stereocenters. The summed E-state index contributed by atoms with van der Waals surface area (Å²) in [6, 6.07) is 5.58. The minimum absolute atomic E-state index is 0.0257. The van der Waals surface area contributed by atoms with Gasteiger partial charge in [0.1, 0.15) is 10.7 Å². The van der Waals surface area contributed by atoms with Crippen molar-refractivity contribution in [2.75, 3.05) is 4.72 Å². The van der Waals surface area contributed by atoms with Gasteiger partial charge in [-0.15, -0.1) is 0 Å². The molecule has 0 saturated carbocycles. The number of hydrogen-bond donors (Lipinski definition) is 1. The second kappa shape index (κ2) is 5.26. The maximum atomic E-state index is 13.4. The van der Waals surface area contributed by atoms with Crippen LogP contribution < -0.4 is 4.72 Å². The highest BCUT2D eigenvalue weighted by atomic mass is 79.9. The van der Waals surface area contributed by atoms with E-state index in [2.05, 4.69) is 25.6 Å². The average molecular weight is 345 g/mol. The van der Waals surface area contributed by atoms with Gasteiger partial charge in [-0.05, 0) is 52.7 Å². The first-order valence-electron chi connectivity index (χ1n) is 5.28. The number of rotatable bonds is 3. The monoisotopic (exact) mass is 344 g/mol. The Morgan fingerprint density at radius 2 is 2.11 bits per heavy atom. The molecule has 0 amide bonds. The van der Waals surface area contributed by atoms with Gasteiger partial charge in [0, 0.05) is 12.4 Å². The van der Waals surface area contributed by atoms with Crippen LogP contribution in [0.3, 0.4) is 0 Å². The van der Waals surface area contributed by atoms with Crippen LogP contribution in [0.2, 0.25) is 0 Å². The summed E-state index contributed by atoms with van der Waals surface area (Å²) >= 11 is 3.04. The molecule has 100 valence electrons. The van der Waals surface area contributed by atoms with Crippen LogP contribution in [0.15, 0.2) is 46.0 Å². The Morgan fingerprint density at radius 1 is 1.37 bits per heavy atom. The van der Waals surface area contributed by atoms with Crippen LogP contribution in [0.25, 0.3) is 0 Å². The van der Waals surface area contributed by atoms with Gasteiger partial charge in [-0.25, -0.2) is 12.8 Å². The Kier molecular flexibility index (Phi) is 3.86. The number of hydrogen-bond acceptors (Lipinski definition) is 3. The average Bonchev–Trinajstić information content (AvgIpc) is 2.37. The van der Waals surface area contributed by atoms with Crippen molar-refractivity contribution in [3.63, 3.8) is 0 Å². The molecule has 1 heterocycles. The highest BCUT2D eigenvalue weighted by Gasteiger charge is 2.16. The van der Waals surface area contributed by atoms with Gasteiger partial charge in [0.05, 0.1) is 10.2 Å². The molecule has 0 atom stereocenters. The summed E-state index contributed by atoms with van der Waals surface area (Å²) in [7, 11) is -3.76. The molecule has 0 saturated heterocycles. The minimum Gasteiger partial charge on any atom is -0.279 e. The van der Waals surface area contributed by atoms with Crippen LogP contribution >= 0.6 is 15.9 Å². The highest BCUT2D eigenvalue weighted by molar-refractivity contribution is 9.10. The Labute approximate surface area is 118 Å². The van der Waals surface area contributed by atoms with Crippen LogP contribution in [0.1, 0.15) is 5.56 Å². The molecular formula is C12H10BrFN2O2S. The molecule has 0 aliphatic rings. The summed E-state index contributed by atoms with van der Waals surface area (Å²) in [5.41, 5.74) is 0.810. The molecule has 0 bridgehead atoms. The summed E-state index contributed by atoms with van der Waals surface area (Å²) in [5.74, 6) is -0.533. The maximum absolute atomic E-state index is 13.4. The van der Waals surface area contributed by atoms with Crippen LogP contribution in [0.4, 0.5) is 10.1 Å². The minimum atomic E-state index is -3.76. The number of nitrogens with one attached hydrogen (secondary N) is 1. The van der Waals surface area contributed by atoms with E-state index < -0.39 is 15.8 Å². The standard InChI is InChI=1S/C12H10BrFN2O2S/c1-8-5-10(13)11(14)6-12(8)16-19(17,18)9-3-2-4-15-7-9/h2-7,16H,1H3. The summed E-state index contributed by atoms with van der Waals surface area (Å²) in [6.07, 6.45) is 2.70. The maximum Gasteiger partial charge on any atom is 0.263 e. The fourth-order valence-corrected chi connectivity index (χ4v) is 3.01. The molecule has 0 aliphatic carbocycles. The van der Waals surface area contributed by atoms with E-state index in [0.29, 0.717) is 5.56 Å². The largest absolute Gasteiger partial charge is 0.279 e. The number of benzene rings is 1. The van der Waals surface area contributed by atoms with Crippen molar-refractivity contribution in [1.82, 2.24) is 4.98 Å². The molecule has 0 aliphatic heterocycles. The first-order valence-corrected chi connectivity index (χ1v) is 7.56. The first-order chi connectivity index (χ1) is 8.90. The molecule has 19 heavy (non-hydrogen) atoms. The van der Waals surface area contributed by atoms with Crippen molar-refractivity contribution in [3.05, 3.63) is 52.5 Å². The molecule has 2 rings (SSSR count). The first kappa shape index (κ1) is 14.0. The lowest BCUT2D eigenvalue weighted by Gasteiger charge is -2.11. The van der Waals surface area contributed by atoms with E-state index in [-0.39, 0.29) is 15.1 Å². The van der Waals surface area contributed by atoms with E-state index in [0.717, 1.165) is 6.07 Å². The van der Waals surface area contributed by atoms with Gasteiger partial charge >= 0.3 is 0 Å². The number of nitrogens with zero attached hydrogens (tertiary/aromatic N) is 1. The van der Waals surface area contributed by atoms with E-state index >= 15 is 0 Å². The Bertz CT molecular complexity index is 705. The van der Waals surface area contributed by atoms with Crippen molar-refractivity contribution >= 4 is 31.6 Å². The van der Waals surface area contributed by atoms with Gasteiger partial charge in [0.25, 0.3) is 10.0 Å². The zero-order chi connectivity index (χ0) is 14.0. The molecule has 7 heteroatoms. The Morgan fingerprint density at radius 3 is 2.74 bits per heavy atom. The van der Waals surface area contributed by atoms with Gasteiger partial charge in [0.2, 0.25) is 0 Å². The normalized spacial score (nSPS) is 11.3. The second-order valence-corrected chi connectivity index (χ2v) is 6.41. The quantitative estimate of drug-likeness (QED) is 0.930. The zero-order valence-electron chi connectivity index (χ0n) is 9.89. The summed E-state index contributed by atoms with van der Waals surface area (Å²) in [4.78, 5) is 3.77. The predicted octanol–water partition coefficient (Wildman–Crippen LogP) is 3.09. The summed E-state index contributed by atoms with van der Waals surface area (Å²) in [6.45, 7) is 1.69. The van der Waals surface area contributed by atoms with E-state index in [4.69, 9.17) is 0 Å². The van der Waals surface area contributed by atoms with E-state index in [9.17, 15) is 12.8 Å². The Balaban J connectivity index is 2.39. The van der Waals surface area contributed by atoms with Gasteiger partial charge in [-0.1, -0.05) is 0 Å². The number of halogens is 2. The fourth-order valence-electron chi connectivity index (χ4n) is 1.47. The molecule has 1 aromatic heterocycles. The number of aryl methyl sites for hydroxylation is 1. The molecule has 4 nitrogen and oxygen atoms in total. The van der Waals surface area contributed by atoms with Crippen LogP contribution in [-0.4, -0.2) is 13.4 Å². The van der Waals surface area contributed by atoms with Crippen molar-refractivity contribution < 1.29 is 12.8 Å². The van der Waals surface area contributed by atoms with Crippen LogP contribution in [0, 0.1) is 12.7 Å². The van der Waals surface area contributed by atoms with E-state index in [1.165, 1.54) is 30.6 Å². The van der Waals surface area contributed by atoms with E-state index in [1.54, 1.807) is 6.92 Å². The van der Waals surface area contributed by atoms with Crippen molar-refractivity contribution in [3.8, 4) is 0 Å². The Hall–Kier alpha value is -1.47. The number of sulfonamides is 1. The molecule has 0 radical (unpaired) electrons. The van der Waals surface area contributed by atoms with Gasteiger partial charge < -0.3 is 0 Å². The number of aromatic nitrogens is 1. The van der Waals surface area contributed by atoms with Crippen LogP contribution in [0.5, 0.6) is 0 Å². The molecule has 2 aromatic rings. The van der Waals surface area contributed by atoms with Crippen molar-refractivity contribution in [2.24, 2.45) is 0 Å². The van der Waals surface area contributed by atoms with Crippen molar-refractivity contribution in [2.45, 2.75) is 11.8 Å². The lowest BCUT2D eigenvalue weighted by molar-refractivity contribution is 0.600. The smallest absolute Gasteiger partial charge is 0.263 e. The van der Waals surface area contributed by atoms with Gasteiger partial charge in [-0.2, -0.15) is 0 Å². The molecule has 1 N–H and O–H groups in total. The summed E-state index contributed by atoms with van der Waals surface area (Å²) < 4.78 is 40.2. The molecule has 1 aromatic carbocycles. The third kappa shape index (κ3) is 3.10. The van der Waals surface area contributed by atoms with E-state index in [1.807, 2.05) is 0 Å². The molecule has 0 fully saturated rings. The number of pyridine rings is 1. The topological polar surface area (TPSA) is 59.1 Å². The molecular weight excluding hydrogens is 335 g/mol. The second-order valence-electron chi connectivity index (χ2n) is 3.88. The van der Waals surface area contributed by atoms with Gasteiger partial charge in [-0.3, -0.25) is 9.71 Å². The lowest BCUT2D eigenvalue weighted by Crippen LogP contribution is -2.14. The highest BCUT2D eigenvalue weighted by Crippen LogP contribution is 2.25. The third-order valence-electron chi connectivity index (χ3n) is 2.46. The van der Waals surface area contributed by atoms with Crippen LogP contribution in [-0.2, 0) is 10.0 Å². The fraction of sp³-hybridized carbons (Fsp3) is 0.0833. The molecule has 0 spiro atoms. The zero-order valence-corrected chi connectivity index (χ0v) is 12.3. The SMILES string of the molecule is Cc1cc(Br)c(F)cc1NS(=O)(=O)c1cccnc1.